The Hall–Kier alpha value is -4.64. The molecule has 0 saturated carbocycles. The summed E-state index contributed by atoms with van der Waals surface area (Å²) in [5.74, 6) is -0.0157. The van der Waals surface area contributed by atoms with Crippen molar-refractivity contribution in [2.45, 2.75) is 39.0 Å². The largest absolute Gasteiger partial charge is 0.493 e. The molecule has 11 nitrogen and oxygen atoms in total. The lowest BCUT2D eigenvalue weighted by molar-refractivity contribution is -0.385. The Kier molecular flexibility index (Phi) is 8.06. The smallest absolute Gasteiger partial charge is 0.311 e. The number of nitrogens with zero attached hydrogens (tertiary/aromatic N) is 2. The molecule has 2 heterocycles. The molecule has 2 aliphatic heterocycles. The molecule has 0 spiro atoms. The summed E-state index contributed by atoms with van der Waals surface area (Å²) in [5, 5.41) is 11.5. The van der Waals surface area contributed by atoms with Gasteiger partial charge < -0.3 is 28.6 Å². The highest BCUT2D eigenvalue weighted by Crippen LogP contribution is 2.43. The lowest BCUT2D eigenvalue weighted by Crippen LogP contribution is -2.46. The van der Waals surface area contributed by atoms with E-state index in [1.165, 1.54) is 26.4 Å². The number of fused-ring (bicyclic) bond motifs is 1. The molecular formula is C30H30N2O9. The summed E-state index contributed by atoms with van der Waals surface area (Å²) in [6.07, 6.45) is 0.403. The molecule has 0 bridgehead atoms. The molecule has 3 aromatic carbocycles. The lowest BCUT2D eigenvalue weighted by atomic mass is 9.83. The van der Waals surface area contributed by atoms with Gasteiger partial charge in [-0.15, -0.1) is 0 Å². The van der Waals surface area contributed by atoms with Crippen LogP contribution in [-0.4, -0.2) is 37.8 Å². The number of ether oxygens (including phenoxy) is 5. The Morgan fingerprint density at radius 1 is 1.07 bits per heavy atom. The van der Waals surface area contributed by atoms with Crippen molar-refractivity contribution in [2.24, 2.45) is 5.92 Å². The first-order valence-electron chi connectivity index (χ1n) is 13.1. The van der Waals surface area contributed by atoms with E-state index >= 15 is 0 Å². The number of esters is 1. The summed E-state index contributed by atoms with van der Waals surface area (Å²) < 4.78 is 27.5. The summed E-state index contributed by atoms with van der Waals surface area (Å²) in [4.78, 5) is 39.7. The van der Waals surface area contributed by atoms with E-state index in [4.69, 9.17) is 23.7 Å². The molecule has 41 heavy (non-hydrogen) atoms. The average Bonchev–Trinajstić information content (AvgIpc) is 2.99. The van der Waals surface area contributed by atoms with Crippen molar-refractivity contribution in [1.82, 2.24) is 0 Å². The number of hydrogen-bond acceptors (Lipinski definition) is 9. The molecule has 0 aliphatic carbocycles. The SMILES string of the molecule is COc1ccc([C@H]2[C@@H](C(=O)OCc3cc([N+](=O)[O-])cc4c3OCOC4)CCC(=O)N2c2ccc(C)cc2)cc1OC. The van der Waals surface area contributed by atoms with E-state index < -0.39 is 22.9 Å². The predicted octanol–water partition coefficient (Wildman–Crippen LogP) is 5.01. The molecule has 1 amide bonds. The van der Waals surface area contributed by atoms with Crippen LogP contribution in [0.4, 0.5) is 11.4 Å². The van der Waals surface area contributed by atoms with Crippen LogP contribution in [0.5, 0.6) is 17.2 Å². The molecule has 1 saturated heterocycles. The van der Waals surface area contributed by atoms with Crippen molar-refractivity contribution in [2.75, 3.05) is 25.9 Å². The summed E-state index contributed by atoms with van der Waals surface area (Å²) in [6, 6.07) is 14.8. The molecule has 0 N–H and O–H groups in total. The van der Waals surface area contributed by atoms with Crippen LogP contribution in [0, 0.1) is 23.0 Å². The Bertz CT molecular complexity index is 1470. The highest BCUT2D eigenvalue weighted by atomic mass is 16.7. The normalized spacial score (nSPS) is 18.2. The fraction of sp³-hybridized carbons (Fsp3) is 0.333. The van der Waals surface area contributed by atoms with Gasteiger partial charge in [0.2, 0.25) is 5.91 Å². The van der Waals surface area contributed by atoms with Gasteiger partial charge in [0.05, 0.1) is 37.7 Å². The number of non-ortho nitro benzene ring substituents is 1. The van der Waals surface area contributed by atoms with Crippen molar-refractivity contribution in [1.29, 1.82) is 0 Å². The van der Waals surface area contributed by atoms with Crippen molar-refractivity contribution < 1.29 is 38.2 Å². The summed E-state index contributed by atoms with van der Waals surface area (Å²) in [5.41, 5.74) is 3.08. The Labute approximate surface area is 236 Å². The Balaban J connectivity index is 1.50. The predicted molar refractivity (Wildman–Crippen MR) is 147 cm³/mol. The number of benzene rings is 3. The Morgan fingerprint density at radius 2 is 1.83 bits per heavy atom. The van der Waals surface area contributed by atoms with Crippen LogP contribution in [0.25, 0.3) is 0 Å². The topological polar surface area (TPSA) is 127 Å². The van der Waals surface area contributed by atoms with Gasteiger partial charge in [-0.05, 0) is 43.2 Å². The van der Waals surface area contributed by atoms with Gasteiger partial charge in [-0.2, -0.15) is 0 Å². The standard InChI is InChI=1S/C30H30N2O9/c1-18-4-7-22(8-5-18)31-27(33)11-9-24(28(31)19-6-10-25(37-2)26(14-19)38-3)30(34)40-16-21-13-23(32(35)36)12-20-15-39-17-41-29(20)21/h4-8,10,12-14,24,28H,9,11,15-17H2,1-3H3/t24-,28-/m0/s1. The Morgan fingerprint density at radius 3 is 2.54 bits per heavy atom. The zero-order chi connectivity index (χ0) is 29.1. The highest BCUT2D eigenvalue weighted by Gasteiger charge is 2.43. The second kappa shape index (κ2) is 11.8. The van der Waals surface area contributed by atoms with Crippen LogP contribution in [0.3, 0.4) is 0 Å². The number of rotatable bonds is 8. The van der Waals surface area contributed by atoms with Crippen LogP contribution in [-0.2, 0) is 32.3 Å². The van der Waals surface area contributed by atoms with E-state index in [-0.39, 0.29) is 44.4 Å². The van der Waals surface area contributed by atoms with E-state index in [0.29, 0.717) is 39.6 Å². The van der Waals surface area contributed by atoms with Gasteiger partial charge in [0, 0.05) is 35.4 Å². The van der Waals surface area contributed by atoms with Crippen LogP contribution < -0.4 is 19.1 Å². The molecule has 0 radical (unpaired) electrons. The summed E-state index contributed by atoms with van der Waals surface area (Å²) in [6.45, 7) is 1.85. The number of nitro groups is 1. The van der Waals surface area contributed by atoms with Crippen molar-refractivity contribution >= 4 is 23.3 Å². The number of hydrogen-bond donors (Lipinski definition) is 0. The second-order valence-corrected chi connectivity index (χ2v) is 9.87. The molecular weight excluding hydrogens is 532 g/mol. The molecule has 11 heteroatoms. The number of carbonyl (C=O) groups is 2. The fourth-order valence-corrected chi connectivity index (χ4v) is 5.32. The quantitative estimate of drug-likeness (QED) is 0.211. The third-order valence-electron chi connectivity index (χ3n) is 7.31. The number of piperidine rings is 1. The van der Waals surface area contributed by atoms with Crippen molar-refractivity contribution in [3.8, 4) is 17.2 Å². The molecule has 3 aromatic rings. The number of anilines is 1. The number of aryl methyl sites for hydroxylation is 1. The van der Waals surface area contributed by atoms with E-state index in [0.717, 1.165) is 5.56 Å². The van der Waals surface area contributed by atoms with Gasteiger partial charge in [0.15, 0.2) is 18.3 Å². The highest BCUT2D eigenvalue weighted by molar-refractivity contribution is 5.97. The monoisotopic (exact) mass is 562 g/mol. The van der Waals surface area contributed by atoms with Crippen LogP contribution in [0.2, 0.25) is 0 Å². The summed E-state index contributed by atoms with van der Waals surface area (Å²) in [7, 11) is 3.05. The minimum atomic E-state index is -0.731. The van der Waals surface area contributed by atoms with Gasteiger partial charge in [-0.3, -0.25) is 19.7 Å². The minimum Gasteiger partial charge on any atom is -0.493 e. The molecule has 1 fully saturated rings. The maximum atomic E-state index is 13.7. The van der Waals surface area contributed by atoms with Gasteiger partial charge in [0.25, 0.3) is 5.69 Å². The molecule has 214 valence electrons. The maximum Gasteiger partial charge on any atom is 0.311 e. The zero-order valence-corrected chi connectivity index (χ0v) is 23.0. The number of carbonyl (C=O) groups excluding carboxylic acids is 2. The fourth-order valence-electron chi connectivity index (χ4n) is 5.32. The number of nitro benzene ring substituents is 1. The molecule has 0 aromatic heterocycles. The van der Waals surface area contributed by atoms with Crippen LogP contribution in [0.15, 0.2) is 54.6 Å². The van der Waals surface area contributed by atoms with Crippen molar-refractivity contribution in [3.63, 3.8) is 0 Å². The van der Waals surface area contributed by atoms with E-state index in [2.05, 4.69) is 0 Å². The number of methoxy groups -OCH3 is 2. The van der Waals surface area contributed by atoms with Gasteiger partial charge in [0.1, 0.15) is 12.4 Å². The van der Waals surface area contributed by atoms with Crippen LogP contribution in [0.1, 0.15) is 41.1 Å². The molecule has 2 aliphatic rings. The third kappa shape index (κ3) is 5.66. The zero-order valence-electron chi connectivity index (χ0n) is 23.0. The van der Waals surface area contributed by atoms with E-state index in [1.54, 1.807) is 23.1 Å². The first-order chi connectivity index (χ1) is 19.8. The van der Waals surface area contributed by atoms with Gasteiger partial charge >= 0.3 is 5.97 Å². The van der Waals surface area contributed by atoms with Gasteiger partial charge in [-0.25, -0.2) is 0 Å². The molecule has 5 rings (SSSR count). The van der Waals surface area contributed by atoms with E-state index in [1.807, 2.05) is 31.2 Å². The van der Waals surface area contributed by atoms with Crippen LogP contribution >= 0.6 is 0 Å². The minimum absolute atomic E-state index is 0.0105. The first kappa shape index (κ1) is 27.9. The maximum absolute atomic E-state index is 13.7. The van der Waals surface area contributed by atoms with Crippen molar-refractivity contribution in [3.05, 3.63) is 87.0 Å². The second-order valence-electron chi connectivity index (χ2n) is 9.87. The lowest BCUT2D eigenvalue weighted by Gasteiger charge is -2.40. The molecule has 2 atom stereocenters. The van der Waals surface area contributed by atoms with Gasteiger partial charge in [-0.1, -0.05) is 23.8 Å². The number of amides is 1. The third-order valence-corrected chi connectivity index (χ3v) is 7.31. The van der Waals surface area contributed by atoms with E-state index in [9.17, 15) is 19.7 Å². The molecule has 0 unspecified atom stereocenters. The average molecular weight is 563 g/mol. The first-order valence-corrected chi connectivity index (χ1v) is 13.1. The summed E-state index contributed by atoms with van der Waals surface area (Å²) >= 11 is 0.